The Kier molecular flexibility index (Phi) is 17.2. The number of nitrogens with one attached hydrogen (secondary N) is 2. The van der Waals surface area contributed by atoms with Gasteiger partial charge in [-0.1, -0.05) is 25.5 Å². The Morgan fingerprint density at radius 1 is 0.698 bits per heavy atom. The monoisotopic (exact) mass is 1330 g/mol. The van der Waals surface area contributed by atoms with Crippen LogP contribution in [0.25, 0.3) is 21.8 Å². The van der Waals surface area contributed by atoms with E-state index in [1.807, 2.05) is 23.6 Å². The molecule has 0 bridgehead atoms. The van der Waals surface area contributed by atoms with Gasteiger partial charge >= 0.3 is 23.9 Å². The molecule has 25 heteroatoms. The number of aliphatic hydroxyl groups is 2. The van der Waals surface area contributed by atoms with E-state index in [2.05, 4.69) is 10.6 Å². The number of ketones is 2. The van der Waals surface area contributed by atoms with Crippen LogP contribution in [0.5, 0.6) is 11.5 Å². The van der Waals surface area contributed by atoms with Crippen molar-refractivity contribution in [1.29, 1.82) is 0 Å². The summed E-state index contributed by atoms with van der Waals surface area (Å²) in [7, 11) is 2.76. The van der Waals surface area contributed by atoms with Crippen molar-refractivity contribution >= 4 is 68.6 Å². The average molecular weight is 1330 g/mol. The normalized spacial score (nSPS) is 28.8. The minimum Gasteiger partial charge on any atom is -0.492 e. The third kappa shape index (κ3) is 10.9. The fourth-order valence-electron chi connectivity index (χ4n) is 16.7. The zero-order valence-electron chi connectivity index (χ0n) is 54.6. The Balaban J connectivity index is 0.745. The molecular weight excluding hydrogens is 1250 g/mol. The topological polar surface area (TPSA) is 273 Å². The largest absolute Gasteiger partial charge is 0.492 e. The third-order valence-electron chi connectivity index (χ3n) is 21.9. The van der Waals surface area contributed by atoms with Gasteiger partial charge in [-0.2, -0.15) is 0 Å². The predicted octanol–water partition coefficient (Wildman–Crippen LogP) is 7.19. The molecule has 3 aromatic carbocycles. The summed E-state index contributed by atoms with van der Waals surface area (Å²) in [6.45, 7) is 9.29. The number of aliphatic hydroxyl groups excluding tert-OH is 1. The number of benzene rings is 3. The Labute approximate surface area is 550 Å². The Morgan fingerprint density at radius 2 is 1.20 bits per heavy atom. The number of esters is 4. The fraction of sp³-hybridized carbons (Fsp3) is 0.521. The summed E-state index contributed by atoms with van der Waals surface area (Å²) in [6, 6.07) is 6.60. The summed E-state index contributed by atoms with van der Waals surface area (Å²) in [6.07, 6.45) is 6.91. The van der Waals surface area contributed by atoms with E-state index in [1.165, 1.54) is 69.1 Å². The lowest BCUT2D eigenvalue weighted by atomic mass is 9.44. The lowest BCUT2D eigenvalue weighted by molar-refractivity contribution is -0.219. The van der Waals surface area contributed by atoms with E-state index < -0.39 is 135 Å². The lowest BCUT2D eigenvalue weighted by Crippen LogP contribution is -2.69. The number of hydrogen-bond acceptors (Lipinski definition) is 20. The lowest BCUT2D eigenvalue weighted by Gasteiger charge is -2.62. The van der Waals surface area contributed by atoms with Crippen molar-refractivity contribution in [1.82, 2.24) is 19.8 Å². The van der Waals surface area contributed by atoms with Gasteiger partial charge in [0.1, 0.15) is 41.3 Å². The summed E-state index contributed by atoms with van der Waals surface area (Å²) >= 11 is 0. The first-order valence-corrected chi connectivity index (χ1v) is 33.0. The minimum absolute atomic E-state index is 0.0212. The smallest absolute Gasteiger partial charge is 0.343 e. The summed E-state index contributed by atoms with van der Waals surface area (Å²) < 4.78 is 88.5. The highest BCUT2D eigenvalue weighted by Crippen LogP contribution is 2.71. The van der Waals surface area contributed by atoms with Gasteiger partial charge in [0.05, 0.1) is 53.3 Å². The van der Waals surface area contributed by atoms with Crippen LogP contribution in [0.15, 0.2) is 82.2 Å². The number of halogens is 3. The van der Waals surface area contributed by atoms with Crippen LogP contribution in [-0.4, -0.2) is 164 Å². The van der Waals surface area contributed by atoms with Crippen LogP contribution in [0.4, 0.5) is 24.5 Å². The molecule has 2 saturated heterocycles. The van der Waals surface area contributed by atoms with Crippen LogP contribution in [-0.2, 0) is 28.5 Å². The molecule has 2 aliphatic heterocycles. The molecular formula is C71H79F3N6O16. The van der Waals surface area contributed by atoms with Gasteiger partial charge in [0.2, 0.25) is 16.6 Å². The van der Waals surface area contributed by atoms with E-state index in [9.17, 15) is 48.6 Å². The molecule has 4 heterocycles. The van der Waals surface area contributed by atoms with Crippen molar-refractivity contribution in [3.05, 3.63) is 127 Å². The number of fused-ring (bicyclic) bond motifs is 7. The highest BCUT2D eigenvalue weighted by Gasteiger charge is 2.75. The number of hydrogen-bond donors (Lipinski definition) is 4. The van der Waals surface area contributed by atoms with Crippen LogP contribution >= 0.6 is 0 Å². The van der Waals surface area contributed by atoms with Crippen molar-refractivity contribution < 1.29 is 80.6 Å². The number of pyridine rings is 2. The van der Waals surface area contributed by atoms with Crippen molar-refractivity contribution in [3.8, 4) is 11.5 Å². The minimum atomic E-state index is -2.21. The third-order valence-corrected chi connectivity index (χ3v) is 21.9. The number of rotatable bonds is 18. The standard InChI is InChI=1S/C71H79F3N6O16/c1-36-24-51-50-17-12-41-25-44(81)18-19-68(41,4)70(50,74)54(82)28-69(51,5)71(36,90)55(83)35-95-64(86)39-8-10-40(11-9-39)65(87)96-45(33-93-66(88)48-31-79(42-13-14-42)56-46(60(48)84)26-52(72)58(62(56)91-6)77-22-20-75-37(2)29-77)34-94-67(89)49-32-80(43-15-16-43)57-47(61(49)85)27-53(73)59(63(57)92-7)78-23-21-76-38(3)30-78/h8-11,18-19,25-27,31-32,36-38,42-43,45,50-51,54,75-76,82,90H,12-17,20-24,28-30,33-35H2,1-7H3/t36-,37?,38?,45?,50+,51+,54+,68+,69+,70+,71+/m0/s1. The first-order chi connectivity index (χ1) is 45.7. The molecule has 2 aromatic heterocycles. The molecule has 2 unspecified atom stereocenters. The second-order valence-electron chi connectivity index (χ2n) is 27.9. The number of Topliss-reactive ketones (excluding diaryl/α,β-unsaturated/α-hetero) is 1. The molecule has 10 atom stereocenters. The number of allylic oxidation sites excluding steroid dienone is 4. The van der Waals surface area contributed by atoms with Gasteiger partial charge in [-0.05, 0) is 133 Å². The Morgan fingerprint density at radius 3 is 1.68 bits per heavy atom. The first-order valence-electron chi connectivity index (χ1n) is 33.0. The van der Waals surface area contributed by atoms with Gasteiger partial charge in [-0.25, -0.2) is 32.3 Å². The number of nitrogens with zero attached hydrogens (tertiary/aromatic N) is 4. The Hall–Kier alpha value is -8.39. The summed E-state index contributed by atoms with van der Waals surface area (Å²) in [4.78, 5) is 116. The van der Waals surface area contributed by atoms with Crippen LogP contribution in [0.2, 0.25) is 0 Å². The molecule has 5 saturated carbocycles. The van der Waals surface area contributed by atoms with Gasteiger partial charge in [0, 0.05) is 92.6 Å². The molecule has 8 aliphatic rings. The predicted molar refractivity (Wildman–Crippen MR) is 345 cm³/mol. The number of piperazine rings is 2. The number of aromatic nitrogens is 2. The maximum atomic E-state index is 17.8. The quantitative estimate of drug-likeness (QED) is 0.0499. The molecule has 5 aromatic rings. The molecule has 7 fully saturated rings. The molecule has 0 amide bonds. The molecule has 6 aliphatic carbocycles. The second kappa shape index (κ2) is 24.9. The molecule has 22 nitrogen and oxygen atoms in total. The van der Waals surface area contributed by atoms with Crippen LogP contribution in [0.1, 0.15) is 140 Å². The maximum absolute atomic E-state index is 17.8. The number of methoxy groups -OCH3 is 2. The first kappa shape index (κ1) is 66.2. The van der Waals surface area contributed by atoms with E-state index in [1.54, 1.807) is 29.9 Å². The molecule has 4 N–H and O–H groups in total. The van der Waals surface area contributed by atoms with E-state index >= 15 is 13.2 Å². The van der Waals surface area contributed by atoms with E-state index in [4.69, 9.17) is 28.4 Å². The number of ether oxygens (including phenoxy) is 6. The molecule has 0 radical (unpaired) electrons. The molecule has 13 rings (SSSR count). The summed E-state index contributed by atoms with van der Waals surface area (Å²) in [5, 5.41) is 30.7. The molecule has 96 heavy (non-hydrogen) atoms. The Bertz CT molecular complexity index is 4100. The molecule has 0 spiro atoms. The van der Waals surface area contributed by atoms with Crippen LogP contribution < -0.4 is 40.8 Å². The van der Waals surface area contributed by atoms with E-state index in [0.717, 1.165) is 12.1 Å². The second-order valence-corrected chi connectivity index (χ2v) is 27.9. The van der Waals surface area contributed by atoms with Gasteiger partial charge < -0.3 is 68.2 Å². The van der Waals surface area contributed by atoms with Crippen LogP contribution in [0.3, 0.4) is 0 Å². The van der Waals surface area contributed by atoms with Crippen molar-refractivity contribution in [2.24, 2.45) is 28.6 Å². The number of carbonyl (C=O) groups excluding carboxylic acids is 6. The van der Waals surface area contributed by atoms with Gasteiger partial charge in [0.25, 0.3) is 0 Å². The van der Waals surface area contributed by atoms with Gasteiger partial charge in [-0.3, -0.25) is 19.2 Å². The number of alkyl halides is 1. The van der Waals surface area contributed by atoms with Crippen molar-refractivity contribution in [2.45, 2.75) is 134 Å². The fourth-order valence-corrected chi connectivity index (χ4v) is 16.7. The van der Waals surface area contributed by atoms with Gasteiger partial charge in [-0.15, -0.1) is 0 Å². The highest BCUT2D eigenvalue weighted by molar-refractivity contribution is 6.02. The van der Waals surface area contributed by atoms with E-state index in [0.29, 0.717) is 76.9 Å². The zero-order chi connectivity index (χ0) is 68.2. The highest BCUT2D eigenvalue weighted by atomic mass is 19.1. The average Bonchev–Trinajstić information content (AvgIpc) is 1.37. The summed E-state index contributed by atoms with van der Waals surface area (Å²) in [5.41, 5.74) is -8.56. The maximum Gasteiger partial charge on any atom is 0.343 e. The number of anilines is 2. The SMILES string of the molecule is COc1c(N2CCNC(C)C2)c(F)cc2c(=O)c(C(=O)OCC(COC(=O)c3cn(C4CC4)c4c(OC)c(N5CCNC(C)C5)c(F)cc4c3=O)OC(=O)c3ccc(C(=O)OCC(=O)[C@]4(O)[C@@H](C)C[C@@H]5[C@H]6CCC7=CC(=O)C=C[C@@]7(C)[C@]6(F)[C@H](O)C[C@]54C)cc3)cn(C3CC3)c12. The van der Waals surface area contributed by atoms with Crippen molar-refractivity contribution in [2.75, 3.05) is 83.1 Å². The molecule has 510 valence electrons. The van der Waals surface area contributed by atoms with Gasteiger partial charge in [0.15, 0.2) is 47.3 Å². The van der Waals surface area contributed by atoms with Crippen molar-refractivity contribution in [3.63, 3.8) is 0 Å². The van der Waals surface area contributed by atoms with Crippen LogP contribution in [0, 0.1) is 40.2 Å². The van der Waals surface area contributed by atoms with E-state index in [-0.39, 0.29) is 105 Å². The number of carbonyl (C=O) groups is 6. The summed E-state index contributed by atoms with van der Waals surface area (Å²) in [5.74, 6) is -8.97. The zero-order valence-corrected chi connectivity index (χ0v) is 54.6.